The summed E-state index contributed by atoms with van der Waals surface area (Å²) >= 11 is 0. The fourth-order valence-corrected chi connectivity index (χ4v) is 3.57. The Morgan fingerprint density at radius 1 is 1.18 bits per heavy atom. The normalized spacial score (nSPS) is 18.0. The largest absolute Gasteiger partial charge is 0.396 e. The summed E-state index contributed by atoms with van der Waals surface area (Å²) in [6, 6.07) is 4.64. The van der Waals surface area contributed by atoms with Crippen LogP contribution in [0.3, 0.4) is 0 Å². The second-order valence-corrected chi connectivity index (χ2v) is 7.54. The molecule has 1 fully saturated rings. The van der Waals surface area contributed by atoms with Crippen molar-refractivity contribution in [1.82, 2.24) is 4.72 Å². The first kappa shape index (κ1) is 17.2. The maximum atomic E-state index is 12.3. The van der Waals surface area contributed by atoms with Crippen LogP contribution in [0.5, 0.6) is 0 Å². The molecule has 8 heteroatoms. The molecule has 0 aromatic heterocycles. The molecular weight excluding hydrogens is 319 g/mol. The molecule has 4 nitrogen and oxygen atoms in total. The van der Waals surface area contributed by atoms with Crippen molar-refractivity contribution in [2.24, 2.45) is 5.41 Å². The van der Waals surface area contributed by atoms with Gasteiger partial charge in [-0.1, -0.05) is 18.6 Å². The maximum Gasteiger partial charge on any atom is 0.393 e. The SMILES string of the molecule is O=S(=O)(NCC1(CO)CCC1)c1ccc(CC(F)(F)F)cc1. The number of hydrogen-bond acceptors (Lipinski definition) is 3. The van der Waals surface area contributed by atoms with Crippen LogP contribution in [0.2, 0.25) is 0 Å². The summed E-state index contributed by atoms with van der Waals surface area (Å²) in [4.78, 5) is -0.0779. The van der Waals surface area contributed by atoms with Crippen LogP contribution >= 0.6 is 0 Å². The fraction of sp³-hybridized carbons (Fsp3) is 0.571. The fourth-order valence-electron chi connectivity index (χ4n) is 2.42. The highest BCUT2D eigenvalue weighted by molar-refractivity contribution is 7.89. The molecule has 124 valence electrons. The Kier molecular flexibility index (Phi) is 4.84. The first-order chi connectivity index (χ1) is 10.2. The lowest BCUT2D eigenvalue weighted by Gasteiger charge is -2.40. The van der Waals surface area contributed by atoms with Crippen LogP contribution in [-0.4, -0.2) is 32.9 Å². The Morgan fingerprint density at radius 2 is 1.77 bits per heavy atom. The molecule has 1 aliphatic rings. The summed E-state index contributed by atoms with van der Waals surface area (Å²) in [6.07, 6.45) is -2.94. The molecule has 2 rings (SSSR count). The Hall–Kier alpha value is -1.12. The van der Waals surface area contributed by atoms with E-state index in [0.29, 0.717) is 0 Å². The van der Waals surface area contributed by atoms with E-state index in [1.165, 1.54) is 0 Å². The standard InChI is InChI=1S/C14H18F3NO3S/c15-14(16,17)8-11-2-4-12(5-3-11)22(20,21)18-9-13(10-19)6-1-7-13/h2-5,18-19H,1,6-10H2. The third-order valence-electron chi connectivity index (χ3n) is 4.03. The van der Waals surface area contributed by atoms with Gasteiger partial charge in [-0.25, -0.2) is 13.1 Å². The van der Waals surface area contributed by atoms with Gasteiger partial charge in [-0.3, -0.25) is 0 Å². The molecule has 0 spiro atoms. The average molecular weight is 337 g/mol. The zero-order valence-corrected chi connectivity index (χ0v) is 12.7. The number of hydrogen-bond donors (Lipinski definition) is 2. The molecule has 1 aromatic carbocycles. The second-order valence-electron chi connectivity index (χ2n) is 5.77. The van der Waals surface area contributed by atoms with Gasteiger partial charge < -0.3 is 5.11 Å². The average Bonchev–Trinajstić information content (AvgIpc) is 2.36. The first-order valence-corrected chi connectivity index (χ1v) is 8.40. The number of rotatable bonds is 6. The van der Waals surface area contributed by atoms with Gasteiger partial charge in [-0.2, -0.15) is 13.2 Å². The van der Waals surface area contributed by atoms with Gasteiger partial charge in [-0.15, -0.1) is 0 Å². The minimum Gasteiger partial charge on any atom is -0.396 e. The summed E-state index contributed by atoms with van der Waals surface area (Å²) in [5, 5.41) is 9.31. The lowest BCUT2D eigenvalue weighted by atomic mass is 9.69. The van der Waals surface area contributed by atoms with Crippen molar-refractivity contribution >= 4 is 10.0 Å². The van der Waals surface area contributed by atoms with E-state index in [2.05, 4.69) is 4.72 Å². The van der Waals surface area contributed by atoms with Gasteiger partial charge in [0.2, 0.25) is 10.0 Å². The monoisotopic (exact) mass is 337 g/mol. The molecule has 0 unspecified atom stereocenters. The summed E-state index contributed by atoms with van der Waals surface area (Å²) in [7, 11) is -3.78. The molecule has 1 aliphatic carbocycles. The molecule has 0 bridgehead atoms. The van der Waals surface area contributed by atoms with Crippen LogP contribution in [0.15, 0.2) is 29.2 Å². The Morgan fingerprint density at radius 3 is 2.18 bits per heavy atom. The maximum absolute atomic E-state index is 12.3. The van der Waals surface area contributed by atoms with E-state index in [-0.39, 0.29) is 23.6 Å². The van der Waals surface area contributed by atoms with Crippen LogP contribution in [0, 0.1) is 5.41 Å². The van der Waals surface area contributed by atoms with E-state index in [1.54, 1.807) is 0 Å². The third-order valence-corrected chi connectivity index (χ3v) is 5.44. The Bertz CT molecular complexity index is 602. The van der Waals surface area contributed by atoms with Gasteiger partial charge in [0.1, 0.15) is 0 Å². The number of halogens is 3. The summed E-state index contributed by atoms with van der Waals surface area (Å²) in [5.74, 6) is 0. The van der Waals surface area contributed by atoms with Crippen molar-refractivity contribution in [1.29, 1.82) is 0 Å². The predicted molar refractivity (Wildman–Crippen MR) is 74.8 cm³/mol. The molecule has 1 aromatic rings. The zero-order chi connectivity index (χ0) is 16.4. The molecule has 22 heavy (non-hydrogen) atoms. The third kappa shape index (κ3) is 4.21. The van der Waals surface area contributed by atoms with Crippen molar-refractivity contribution in [2.75, 3.05) is 13.2 Å². The predicted octanol–water partition coefficient (Wildman–Crippen LogP) is 2.23. The number of sulfonamides is 1. The van der Waals surface area contributed by atoms with Gasteiger partial charge >= 0.3 is 6.18 Å². The van der Waals surface area contributed by atoms with E-state index in [1.807, 2.05) is 0 Å². The molecule has 2 N–H and O–H groups in total. The van der Waals surface area contributed by atoms with Crippen LogP contribution in [0.25, 0.3) is 0 Å². The first-order valence-electron chi connectivity index (χ1n) is 6.92. The van der Waals surface area contributed by atoms with Crippen molar-refractivity contribution in [3.63, 3.8) is 0 Å². The van der Waals surface area contributed by atoms with Crippen molar-refractivity contribution in [3.8, 4) is 0 Å². The van der Waals surface area contributed by atoms with E-state index in [9.17, 15) is 26.7 Å². The minimum absolute atomic E-state index is 0.0114. The molecule has 1 saturated carbocycles. The van der Waals surface area contributed by atoms with Gasteiger partial charge in [0.15, 0.2) is 0 Å². The van der Waals surface area contributed by atoms with Crippen LogP contribution in [0.1, 0.15) is 24.8 Å². The van der Waals surface area contributed by atoms with Gasteiger partial charge in [0.25, 0.3) is 0 Å². The van der Waals surface area contributed by atoms with Gasteiger partial charge in [0.05, 0.1) is 11.3 Å². The highest BCUT2D eigenvalue weighted by atomic mass is 32.2. The zero-order valence-electron chi connectivity index (χ0n) is 11.9. The number of aliphatic hydroxyl groups is 1. The van der Waals surface area contributed by atoms with Crippen LogP contribution in [-0.2, 0) is 16.4 Å². The molecule has 0 amide bonds. The quantitative estimate of drug-likeness (QED) is 0.837. The molecular formula is C14H18F3NO3S. The molecule has 0 saturated heterocycles. The lowest BCUT2D eigenvalue weighted by molar-refractivity contribution is -0.127. The number of benzene rings is 1. The topological polar surface area (TPSA) is 66.4 Å². The minimum atomic E-state index is -4.32. The summed E-state index contributed by atoms with van der Waals surface area (Å²) in [6.45, 7) is 0.0518. The Balaban J connectivity index is 2.03. The highest BCUT2D eigenvalue weighted by Gasteiger charge is 2.37. The van der Waals surface area contributed by atoms with E-state index < -0.39 is 28.0 Å². The van der Waals surface area contributed by atoms with Crippen molar-refractivity contribution < 1.29 is 26.7 Å². The van der Waals surface area contributed by atoms with E-state index in [4.69, 9.17) is 0 Å². The lowest BCUT2D eigenvalue weighted by Crippen LogP contribution is -2.44. The van der Waals surface area contributed by atoms with E-state index in [0.717, 1.165) is 43.5 Å². The Labute approximate surface area is 127 Å². The smallest absolute Gasteiger partial charge is 0.393 e. The molecule has 0 aliphatic heterocycles. The van der Waals surface area contributed by atoms with Gasteiger partial charge in [-0.05, 0) is 30.5 Å². The number of nitrogens with one attached hydrogen (secondary N) is 1. The van der Waals surface area contributed by atoms with E-state index >= 15 is 0 Å². The van der Waals surface area contributed by atoms with Crippen molar-refractivity contribution in [2.45, 2.75) is 36.8 Å². The summed E-state index contributed by atoms with van der Waals surface area (Å²) in [5.41, 5.74) is -0.388. The van der Waals surface area contributed by atoms with Gasteiger partial charge in [0, 0.05) is 18.6 Å². The highest BCUT2D eigenvalue weighted by Crippen LogP contribution is 2.39. The van der Waals surface area contributed by atoms with Crippen LogP contribution < -0.4 is 4.72 Å². The van der Waals surface area contributed by atoms with Crippen molar-refractivity contribution in [3.05, 3.63) is 29.8 Å². The molecule has 0 atom stereocenters. The molecule has 0 radical (unpaired) electrons. The summed E-state index contributed by atoms with van der Waals surface area (Å²) < 4.78 is 63.4. The molecule has 0 heterocycles. The number of aliphatic hydroxyl groups excluding tert-OH is 1. The second kappa shape index (κ2) is 6.17. The number of alkyl halides is 3. The van der Waals surface area contributed by atoms with Crippen LogP contribution in [0.4, 0.5) is 13.2 Å².